The van der Waals surface area contributed by atoms with Crippen LogP contribution in [0.3, 0.4) is 0 Å². The molecule has 0 bridgehead atoms. The van der Waals surface area contributed by atoms with E-state index in [4.69, 9.17) is 9.47 Å². The average Bonchev–Trinajstić information content (AvgIpc) is 3.14. The number of carbonyl (C=O) groups is 2. The third-order valence-corrected chi connectivity index (χ3v) is 4.24. The smallest absolute Gasteiger partial charge is 0.271 e. The van der Waals surface area contributed by atoms with Gasteiger partial charge in [0.1, 0.15) is 10.7 Å². The molecule has 0 fully saturated rings. The zero-order valence-electron chi connectivity index (χ0n) is 14.4. The van der Waals surface area contributed by atoms with Crippen molar-refractivity contribution in [1.29, 1.82) is 0 Å². The van der Waals surface area contributed by atoms with Gasteiger partial charge in [0, 0.05) is 17.5 Å². The highest BCUT2D eigenvalue weighted by molar-refractivity contribution is 7.13. The molecule has 2 aromatic rings. The van der Waals surface area contributed by atoms with Crippen LogP contribution in [0.25, 0.3) is 10.6 Å². The van der Waals surface area contributed by atoms with Gasteiger partial charge in [0.25, 0.3) is 5.91 Å². The van der Waals surface area contributed by atoms with Crippen molar-refractivity contribution in [1.82, 2.24) is 15.6 Å². The number of hydrogen-bond donors (Lipinski definition) is 2. The van der Waals surface area contributed by atoms with Gasteiger partial charge in [-0.15, -0.1) is 11.3 Å². The predicted octanol–water partition coefficient (Wildman–Crippen LogP) is 2.08. The number of thiazole rings is 1. The molecule has 0 aliphatic rings. The Morgan fingerprint density at radius 2 is 1.92 bits per heavy atom. The van der Waals surface area contributed by atoms with Gasteiger partial charge in [0.15, 0.2) is 11.5 Å². The summed E-state index contributed by atoms with van der Waals surface area (Å²) < 4.78 is 10.5. The summed E-state index contributed by atoms with van der Waals surface area (Å²) in [5.41, 5.74) is 1.10. The fraction of sp³-hybridized carbons (Fsp3) is 0.353. The Kier molecular flexibility index (Phi) is 6.76. The summed E-state index contributed by atoms with van der Waals surface area (Å²) in [4.78, 5) is 28.0. The van der Waals surface area contributed by atoms with Crippen LogP contribution in [0.1, 0.15) is 23.8 Å². The van der Waals surface area contributed by atoms with Gasteiger partial charge in [-0.2, -0.15) is 0 Å². The molecule has 2 N–H and O–H groups in total. The maximum Gasteiger partial charge on any atom is 0.271 e. The first kappa shape index (κ1) is 18.7. The molecule has 0 saturated carbocycles. The van der Waals surface area contributed by atoms with Crippen LogP contribution in [-0.2, 0) is 4.79 Å². The van der Waals surface area contributed by atoms with E-state index in [0.29, 0.717) is 23.1 Å². The SMILES string of the molecule is CCCNC(=O)CNC(=O)c1csc(-c2ccc(OC)c(OC)c2)n1. The van der Waals surface area contributed by atoms with Crippen molar-refractivity contribution in [3.63, 3.8) is 0 Å². The molecule has 0 aliphatic heterocycles. The lowest BCUT2D eigenvalue weighted by Crippen LogP contribution is -2.37. The lowest BCUT2D eigenvalue weighted by atomic mass is 10.2. The van der Waals surface area contributed by atoms with E-state index in [-0.39, 0.29) is 24.1 Å². The summed E-state index contributed by atoms with van der Waals surface area (Å²) in [6.07, 6.45) is 0.848. The minimum atomic E-state index is -0.380. The number of amides is 2. The highest BCUT2D eigenvalue weighted by Crippen LogP contribution is 2.33. The Morgan fingerprint density at radius 1 is 1.16 bits per heavy atom. The summed E-state index contributed by atoms with van der Waals surface area (Å²) >= 11 is 1.34. The number of carbonyl (C=O) groups excluding carboxylic acids is 2. The van der Waals surface area contributed by atoms with E-state index in [1.54, 1.807) is 31.7 Å². The van der Waals surface area contributed by atoms with E-state index in [0.717, 1.165) is 12.0 Å². The second kappa shape index (κ2) is 9.03. The number of ether oxygens (including phenoxy) is 2. The Labute approximate surface area is 150 Å². The van der Waals surface area contributed by atoms with E-state index in [2.05, 4.69) is 15.6 Å². The quantitative estimate of drug-likeness (QED) is 0.749. The number of aromatic nitrogens is 1. The van der Waals surface area contributed by atoms with Crippen molar-refractivity contribution in [2.75, 3.05) is 27.3 Å². The third kappa shape index (κ3) is 4.93. The summed E-state index contributed by atoms with van der Waals surface area (Å²) in [5.74, 6) is 0.618. The Bertz CT molecular complexity index is 745. The fourth-order valence-corrected chi connectivity index (χ4v) is 2.86. The van der Waals surface area contributed by atoms with Crippen molar-refractivity contribution in [3.05, 3.63) is 29.3 Å². The first-order valence-corrected chi connectivity index (χ1v) is 8.69. The van der Waals surface area contributed by atoms with E-state index < -0.39 is 0 Å². The Morgan fingerprint density at radius 3 is 2.60 bits per heavy atom. The molecule has 0 atom stereocenters. The van der Waals surface area contributed by atoms with E-state index in [9.17, 15) is 9.59 Å². The van der Waals surface area contributed by atoms with Gasteiger partial charge in [-0.05, 0) is 24.6 Å². The molecule has 1 aromatic carbocycles. The minimum absolute atomic E-state index is 0.0674. The van der Waals surface area contributed by atoms with Crippen LogP contribution in [0.5, 0.6) is 11.5 Å². The zero-order chi connectivity index (χ0) is 18.2. The van der Waals surface area contributed by atoms with Crippen LogP contribution in [0, 0.1) is 0 Å². The van der Waals surface area contributed by atoms with Gasteiger partial charge in [-0.3, -0.25) is 9.59 Å². The molecule has 25 heavy (non-hydrogen) atoms. The number of nitrogens with zero attached hydrogens (tertiary/aromatic N) is 1. The lowest BCUT2D eigenvalue weighted by molar-refractivity contribution is -0.120. The highest BCUT2D eigenvalue weighted by Gasteiger charge is 2.14. The second-order valence-electron chi connectivity index (χ2n) is 5.14. The number of hydrogen-bond acceptors (Lipinski definition) is 6. The van der Waals surface area contributed by atoms with Crippen molar-refractivity contribution in [2.24, 2.45) is 0 Å². The molecular formula is C17H21N3O4S. The van der Waals surface area contributed by atoms with Gasteiger partial charge in [-0.1, -0.05) is 6.92 Å². The van der Waals surface area contributed by atoms with E-state index >= 15 is 0 Å². The molecule has 1 aromatic heterocycles. The molecule has 2 rings (SSSR count). The van der Waals surface area contributed by atoms with Crippen molar-refractivity contribution >= 4 is 23.2 Å². The number of rotatable bonds is 8. The fourth-order valence-electron chi connectivity index (χ4n) is 2.06. The Hall–Kier alpha value is -2.61. The molecule has 0 aliphatic carbocycles. The molecule has 2 amide bonds. The molecule has 0 spiro atoms. The number of nitrogens with one attached hydrogen (secondary N) is 2. The zero-order valence-corrected chi connectivity index (χ0v) is 15.2. The number of benzene rings is 1. The molecule has 7 nitrogen and oxygen atoms in total. The van der Waals surface area contributed by atoms with Gasteiger partial charge in [-0.25, -0.2) is 4.98 Å². The molecule has 134 valence electrons. The van der Waals surface area contributed by atoms with Crippen molar-refractivity contribution in [3.8, 4) is 22.1 Å². The third-order valence-electron chi connectivity index (χ3n) is 3.35. The first-order valence-electron chi connectivity index (χ1n) is 7.81. The molecule has 8 heteroatoms. The first-order chi connectivity index (χ1) is 12.1. The van der Waals surface area contributed by atoms with Gasteiger partial charge in [0.05, 0.1) is 20.8 Å². The standard InChI is InChI=1S/C17H21N3O4S/c1-4-7-18-15(21)9-19-16(22)12-10-25-17(20-12)11-5-6-13(23-2)14(8-11)24-3/h5-6,8,10H,4,7,9H2,1-3H3,(H,18,21)(H,19,22). The summed E-state index contributed by atoms with van der Waals surface area (Å²) in [7, 11) is 3.13. The molecular weight excluding hydrogens is 342 g/mol. The van der Waals surface area contributed by atoms with E-state index in [1.807, 2.05) is 13.0 Å². The van der Waals surface area contributed by atoms with Crippen LogP contribution in [-0.4, -0.2) is 44.1 Å². The monoisotopic (exact) mass is 363 g/mol. The summed E-state index contributed by atoms with van der Waals surface area (Å²) in [6, 6.07) is 5.44. The lowest BCUT2D eigenvalue weighted by Gasteiger charge is -2.08. The average molecular weight is 363 g/mol. The van der Waals surface area contributed by atoms with Crippen LogP contribution in [0.2, 0.25) is 0 Å². The van der Waals surface area contributed by atoms with Crippen LogP contribution >= 0.6 is 11.3 Å². The number of methoxy groups -OCH3 is 2. The summed E-state index contributed by atoms with van der Waals surface area (Å²) in [5, 5.41) is 7.60. The molecule has 0 unspecified atom stereocenters. The van der Waals surface area contributed by atoms with Crippen molar-refractivity contribution < 1.29 is 19.1 Å². The second-order valence-corrected chi connectivity index (χ2v) is 6.00. The Balaban J connectivity index is 2.04. The maximum absolute atomic E-state index is 12.1. The van der Waals surface area contributed by atoms with Crippen molar-refractivity contribution in [2.45, 2.75) is 13.3 Å². The van der Waals surface area contributed by atoms with Gasteiger partial charge >= 0.3 is 0 Å². The van der Waals surface area contributed by atoms with Crippen LogP contribution in [0.15, 0.2) is 23.6 Å². The molecule has 0 saturated heterocycles. The molecule has 1 heterocycles. The highest BCUT2D eigenvalue weighted by atomic mass is 32.1. The largest absolute Gasteiger partial charge is 0.493 e. The minimum Gasteiger partial charge on any atom is -0.493 e. The van der Waals surface area contributed by atoms with Crippen LogP contribution < -0.4 is 20.1 Å². The molecule has 0 radical (unpaired) electrons. The predicted molar refractivity (Wildman–Crippen MR) is 96.3 cm³/mol. The summed E-state index contributed by atoms with van der Waals surface area (Å²) in [6.45, 7) is 2.49. The topological polar surface area (TPSA) is 89.6 Å². The normalized spacial score (nSPS) is 10.2. The maximum atomic E-state index is 12.1. The van der Waals surface area contributed by atoms with E-state index in [1.165, 1.54) is 11.3 Å². The van der Waals surface area contributed by atoms with Crippen LogP contribution in [0.4, 0.5) is 0 Å². The van der Waals surface area contributed by atoms with Gasteiger partial charge < -0.3 is 20.1 Å². The van der Waals surface area contributed by atoms with Gasteiger partial charge in [0.2, 0.25) is 5.91 Å².